The summed E-state index contributed by atoms with van der Waals surface area (Å²) in [4.78, 5) is 0. The van der Waals surface area contributed by atoms with Crippen LogP contribution in [0.3, 0.4) is 0 Å². The first-order valence-corrected chi connectivity index (χ1v) is 6.23. The zero-order valence-corrected chi connectivity index (χ0v) is 8.76. The molecule has 10 heavy (non-hydrogen) atoms. The van der Waals surface area contributed by atoms with Gasteiger partial charge in [0.25, 0.3) is 0 Å². The van der Waals surface area contributed by atoms with Crippen molar-refractivity contribution in [2.75, 3.05) is 0 Å². The number of rotatable bonds is 0. The third kappa shape index (κ3) is 1.24. The van der Waals surface area contributed by atoms with Crippen molar-refractivity contribution in [2.24, 2.45) is 5.73 Å². The Morgan fingerprint density at radius 1 is 1.30 bits per heavy atom. The highest BCUT2D eigenvalue weighted by Gasteiger charge is 2.70. The van der Waals surface area contributed by atoms with Gasteiger partial charge in [0.15, 0.2) is 0 Å². The van der Waals surface area contributed by atoms with E-state index in [1.165, 1.54) is 0 Å². The lowest BCUT2D eigenvalue weighted by Crippen LogP contribution is -2.29. The Morgan fingerprint density at radius 3 is 1.40 bits per heavy atom. The van der Waals surface area contributed by atoms with Crippen molar-refractivity contribution in [3.05, 3.63) is 0 Å². The molecule has 2 nitrogen and oxygen atoms in total. The number of aliphatic hydroxyl groups is 1. The third-order valence-corrected chi connectivity index (χ3v) is 7.11. The fourth-order valence-corrected chi connectivity index (χ4v) is 3.70. The summed E-state index contributed by atoms with van der Waals surface area (Å²) in [5.74, 6) is 2.10. The molecule has 1 saturated heterocycles. The van der Waals surface area contributed by atoms with Crippen LogP contribution in [0.15, 0.2) is 0 Å². The van der Waals surface area contributed by atoms with Crippen LogP contribution >= 0.6 is 0 Å². The first-order valence-electron chi connectivity index (χ1n) is 3.92. The van der Waals surface area contributed by atoms with E-state index in [0.717, 1.165) is 0 Å². The van der Waals surface area contributed by atoms with Crippen molar-refractivity contribution in [3.8, 4) is 0 Å². The van der Waals surface area contributed by atoms with Gasteiger partial charge in [-0.15, -0.1) is 5.79 Å². The quantitative estimate of drug-likeness (QED) is 0.511. The minimum absolute atomic E-state index is 0.201. The van der Waals surface area contributed by atoms with Crippen LogP contribution < -0.4 is 5.73 Å². The average molecular weight is 159 g/mol. The fourth-order valence-electron chi connectivity index (χ4n) is 1.07. The maximum absolute atomic E-state index is 9.36. The van der Waals surface area contributed by atoms with Crippen molar-refractivity contribution in [1.82, 2.24) is 0 Å². The Morgan fingerprint density at radius 2 is 1.40 bits per heavy atom. The van der Waals surface area contributed by atoms with E-state index in [4.69, 9.17) is 5.73 Å². The summed E-state index contributed by atoms with van der Waals surface area (Å²) in [5, 5.41) is 9.36. The van der Waals surface area contributed by atoms with E-state index >= 15 is 0 Å². The van der Waals surface area contributed by atoms with Crippen LogP contribution in [0.25, 0.3) is 0 Å². The molecule has 1 aliphatic heterocycles. The Labute approximate surface area is 67.8 Å². The van der Waals surface area contributed by atoms with Gasteiger partial charge >= 0.3 is 14.1 Å². The predicted molar refractivity (Wildman–Crippen MR) is 46.2 cm³/mol. The highest BCUT2D eigenvalue weighted by atomic mass is 27.2. The zero-order valence-electron chi connectivity index (χ0n) is 7.60. The predicted octanol–water partition coefficient (Wildman–Crippen LogP) is 0.698. The lowest BCUT2D eigenvalue weighted by Gasteiger charge is -2.08. The van der Waals surface area contributed by atoms with Crippen LogP contribution in [0.2, 0.25) is 5.79 Å². The van der Waals surface area contributed by atoms with Crippen LogP contribution in [-0.4, -0.2) is 28.1 Å². The highest BCUT2D eigenvalue weighted by molar-refractivity contribution is 6.77. The third-order valence-electron chi connectivity index (χ3n) is 2.75. The van der Waals surface area contributed by atoms with Crippen LogP contribution in [0.4, 0.5) is 0 Å². The van der Waals surface area contributed by atoms with E-state index in [-0.39, 0.29) is 4.40 Å². The molecule has 0 aromatic carbocycles. The first kappa shape index (κ1) is 10.5. The van der Waals surface area contributed by atoms with Gasteiger partial charge in [0.1, 0.15) is 0 Å². The molecule has 0 spiro atoms. The Hall–Kier alpha value is 0.452. The summed E-state index contributed by atoms with van der Waals surface area (Å²) in [7, 11) is 0. The van der Waals surface area contributed by atoms with Gasteiger partial charge in [0.2, 0.25) is 0 Å². The smallest absolute Gasteiger partial charge is 0.336 e. The largest absolute Gasteiger partial charge is 0.405 e. The molecule has 2 unspecified atom stereocenters. The molecule has 0 aromatic heterocycles. The number of hydrogen-bond donors (Lipinski definition) is 2. The van der Waals surface area contributed by atoms with E-state index in [1.54, 1.807) is 0 Å². The van der Waals surface area contributed by atoms with E-state index in [2.05, 4.69) is 5.79 Å². The van der Waals surface area contributed by atoms with Crippen LogP contribution in [0.5, 0.6) is 0 Å². The second kappa shape index (κ2) is 2.83. The molecule has 60 valence electrons. The molecule has 0 amide bonds. The molecule has 0 aromatic rings. The van der Waals surface area contributed by atoms with Crippen LogP contribution in [0, 0.1) is 0 Å². The Kier molecular flexibility index (Phi) is 2.96. The molecule has 0 radical (unpaired) electrons. The molecular formula is C7H18AlNO. The molecule has 0 bridgehead atoms. The standard InChI is InChI=1S/C4H9NO.C2H6.CH3.Al/c1-3(5)4(2)6;1-2;;/h6H,5H2,1-2H3;1-2H3;1H3;. The van der Waals surface area contributed by atoms with Crippen molar-refractivity contribution < 1.29 is 5.11 Å². The maximum Gasteiger partial charge on any atom is 0.336 e. The molecule has 3 N–H and O–H groups in total. The van der Waals surface area contributed by atoms with Gasteiger partial charge in [0, 0.05) is 4.46 Å². The fraction of sp³-hybridized carbons (Fsp3) is 1.00. The minimum atomic E-state index is -0.974. The van der Waals surface area contributed by atoms with Gasteiger partial charge in [0.05, 0.1) is 0 Å². The van der Waals surface area contributed by atoms with E-state index in [0.29, 0.717) is 0 Å². The topological polar surface area (TPSA) is 46.2 Å². The van der Waals surface area contributed by atoms with E-state index in [1.807, 2.05) is 27.7 Å². The lowest BCUT2D eigenvalue weighted by molar-refractivity contribution is 0.162. The van der Waals surface area contributed by atoms with Gasteiger partial charge < -0.3 is 10.8 Å². The average Bonchev–Trinajstić information content (AvgIpc) is 2.20. The van der Waals surface area contributed by atoms with Gasteiger partial charge in [-0.1, -0.05) is 20.8 Å². The Bertz CT molecular complexity index is 109. The van der Waals surface area contributed by atoms with Crippen molar-refractivity contribution in [3.63, 3.8) is 0 Å². The van der Waals surface area contributed by atoms with Gasteiger partial charge in [-0.2, -0.15) is 0 Å². The van der Waals surface area contributed by atoms with Gasteiger partial charge in [-0.25, -0.2) is 0 Å². The van der Waals surface area contributed by atoms with Crippen molar-refractivity contribution in [2.45, 2.75) is 42.3 Å². The molecular weight excluding hydrogens is 141 g/mol. The van der Waals surface area contributed by atoms with Crippen molar-refractivity contribution >= 4 is 14.1 Å². The molecule has 1 aliphatic rings. The molecule has 0 aliphatic carbocycles. The molecule has 2 atom stereocenters. The van der Waals surface area contributed by atoms with Gasteiger partial charge in [-0.05, 0) is 11.3 Å². The maximum atomic E-state index is 9.36. The second-order valence-electron chi connectivity index (χ2n) is 3.15. The van der Waals surface area contributed by atoms with E-state index in [9.17, 15) is 5.11 Å². The highest BCUT2D eigenvalue weighted by Crippen LogP contribution is 2.42. The Balaban J connectivity index is 0.000000371. The molecule has 1 heterocycles. The zero-order chi connectivity index (χ0) is 8.58. The van der Waals surface area contributed by atoms with Gasteiger partial charge in [-0.3, -0.25) is 0 Å². The van der Waals surface area contributed by atoms with Crippen molar-refractivity contribution in [1.29, 1.82) is 0 Å². The summed E-state index contributed by atoms with van der Waals surface area (Å²) in [6.07, 6.45) is 0. The molecule has 3 heteroatoms. The summed E-state index contributed by atoms with van der Waals surface area (Å²) in [6, 6.07) is 0. The monoisotopic (exact) mass is 159 g/mol. The molecule has 0 saturated carbocycles. The lowest BCUT2D eigenvalue weighted by atomic mass is 10.2. The van der Waals surface area contributed by atoms with Crippen LogP contribution in [-0.2, 0) is 0 Å². The number of hydrogen-bond acceptors (Lipinski definition) is 2. The molecule has 1 rings (SSSR count). The van der Waals surface area contributed by atoms with E-state index < -0.39 is 18.6 Å². The molecule has 1 fully saturated rings. The summed E-state index contributed by atoms with van der Waals surface area (Å²) >= 11 is -0.974. The number of nitrogens with two attached hydrogens (primary N) is 1. The second-order valence-corrected chi connectivity index (χ2v) is 6.92. The normalized spacial score (nSPS) is 44.1. The summed E-state index contributed by atoms with van der Waals surface area (Å²) < 4.78 is -0.681. The van der Waals surface area contributed by atoms with Crippen LogP contribution in [0.1, 0.15) is 27.7 Å². The minimum Gasteiger partial charge on any atom is -0.405 e. The first-order chi connectivity index (χ1) is 4.40. The SMILES string of the molecule is CC.[CH3][Al]1[C](C)(N)[C]1(C)O. The summed E-state index contributed by atoms with van der Waals surface area (Å²) in [6.45, 7) is 7.77. The summed E-state index contributed by atoms with van der Waals surface area (Å²) in [5.41, 5.74) is 5.70.